The van der Waals surface area contributed by atoms with E-state index in [1.807, 2.05) is 12.1 Å². The van der Waals surface area contributed by atoms with E-state index in [0.29, 0.717) is 0 Å². The molecule has 142 valence electrons. The van der Waals surface area contributed by atoms with Crippen LogP contribution in [0.5, 0.6) is 0 Å². The van der Waals surface area contributed by atoms with Gasteiger partial charge in [-0.2, -0.15) is 0 Å². The van der Waals surface area contributed by atoms with Gasteiger partial charge in [-0.3, -0.25) is 4.79 Å². The number of hydrogen-bond acceptors (Lipinski definition) is 3. The lowest BCUT2D eigenvalue weighted by Gasteiger charge is -2.32. The molecule has 1 fully saturated rings. The maximum absolute atomic E-state index is 12.6. The highest BCUT2D eigenvalue weighted by Gasteiger charge is 2.22. The maximum atomic E-state index is 12.6. The Morgan fingerprint density at radius 2 is 1.78 bits per heavy atom. The van der Waals surface area contributed by atoms with Crippen LogP contribution in [0.15, 0.2) is 48.5 Å². The summed E-state index contributed by atoms with van der Waals surface area (Å²) in [4.78, 5) is 17.5. The monoisotopic (exact) mass is 363 g/mol. The molecule has 1 N–H and O–H groups in total. The largest absolute Gasteiger partial charge is 0.363 e. The van der Waals surface area contributed by atoms with Crippen molar-refractivity contribution >= 4 is 11.6 Å². The topological polar surface area (TPSA) is 35.6 Å². The summed E-state index contributed by atoms with van der Waals surface area (Å²) in [5, 5.41) is 3.23. The van der Waals surface area contributed by atoms with Gasteiger partial charge in [0.2, 0.25) is 0 Å². The molecule has 0 bridgehead atoms. The highest BCUT2D eigenvalue weighted by molar-refractivity contribution is 5.94. The number of fused-ring (bicyclic) bond motifs is 1. The van der Waals surface area contributed by atoms with Gasteiger partial charge in [0.05, 0.1) is 0 Å². The minimum Gasteiger partial charge on any atom is -0.363 e. The molecule has 0 aliphatic carbocycles. The molecular formula is C23H29N3O. The highest BCUT2D eigenvalue weighted by Crippen LogP contribution is 2.28. The summed E-state index contributed by atoms with van der Waals surface area (Å²) in [6.07, 6.45) is 3.41. The predicted octanol–water partition coefficient (Wildman–Crippen LogP) is 3.81. The Morgan fingerprint density at radius 1 is 1.07 bits per heavy atom. The van der Waals surface area contributed by atoms with E-state index in [2.05, 4.69) is 58.4 Å². The zero-order valence-corrected chi connectivity index (χ0v) is 16.2. The standard InChI is InChI=1S/C23H29N3O/c1-2-13-25-14-5-8-21(17-25)24-23(27)18-9-11-22(12-10-18)26-15-19-6-3-4-7-20(19)16-26/h3-4,6-7,9-12,21H,2,5,8,13-17H2,1H3,(H,24,27)/t21-/m1/s1. The molecule has 1 amide bonds. The number of hydrogen-bond donors (Lipinski definition) is 1. The number of anilines is 1. The highest BCUT2D eigenvalue weighted by atomic mass is 16.1. The normalized spacial score (nSPS) is 19.7. The van der Waals surface area contributed by atoms with E-state index in [4.69, 9.17) is 0 Å². The van der Waals surface area contributed by atoms with Crippen molar-refractivity contribution in [1.29, 1.82) is 0 Å². The van der Waals surface area contributed by atoms with Crippen LogP contribution in [0.4, 0.5) is 5.69 Å². The van der Waals surface area contributed by atoms with Gasteiger partial charge in [-0.1, -0.05) is 31.2 Å². The molecule has 2 aromatic rings. The quantitative estimate of drug-likeness (QED) is 0.877. The molecule has 0 aromatic heterocycles. The molecule has 0 spiro atoms. The summed E-state index contributed by atoms with van der Waals surface area (Å²) in [5.74, 6) is 0.0506. The molecule has 2 aromatic carbocycles. The van der Waals surface area contributed by atoms with Gasteiger partial charge >= 0.3 is 0 Å². The molecule has 0 saturated carbocycles. The Kier molecular flexibility index (Phi) is 5.44. The summed E-state index contributed by atoms with van der Waals surface area (Å²) < 4.78 is 0. The third-order valence-corrected chi connectivity index (χ3v) is 5.72. The second-order valence-corrected chi connectivity index (χ2v) is 7.78. The molecule has 2 heterocycles. The Labute approximate surface area is 162 Å². The molecule has 0 unspecified atom stereocenters. The van der Waals surface area contributed by atoms with Gasteiger partial charge < -0.3 is 15.1 Å². The number of likely N-dealkylation sites (tertiary alicyclic amines) is 1. The van der Waals surface area contributed by atoms with Crippen molar-refractivity contribution in [2.75, 3.05) is 24.5 Å². The third kappa shape index (κ3) is 4.16. The first-order valence-electron chi connectivity index (χ1n) is 10.2. The van der Waals surface area contributed by atoms with Crippen LogP contribution in [-0.4, -0.2) is 36.5 Å². The van der Waals surface area contributed by atoms with E-state index in [1.165, 1.54) is 29.7 Å². The van der Waals surface area contributed by atoms with Gasteiger partial charge in [-0.05, 0) is 67.7 Å². The van der Waals surface area contributed by atoms with E-state index in [9.17, 15) is 4.79 Å². The second-order valence-electron chi connectivity index (χ2n) is 7.78. The lowest BCUT2D eigenvalue weighted by molar-refractivity contribution is 0.0904. The first-order chi connectivity index (χ1) is 13.2. The fourth-order valence-corrected chi connectivity index (χ4v) is 4.30. The van der Waals surface area contributed by atoms with Crippen LogP contribution >= 0.6 is 0 Å². The van der Waals surface area contributed by atoms with E-state index in [1.54, 1.807) is 0 Å². The number of piperidine rings is 1. The van der Waals surface area contributed by atoms with Crippen molar-refractivity contribution in [2.24, 2.45) is 0 Å². The van der Waals surface area contributed by atoms with Crippen LogP contribution in [0.1, 0.15) is 47.7 Å². The van der Waals surface area contributed by atoms with Gasteiger partial charge in [-0.15, -0.1) is 0 Å². The number of rotatable bonds is 5. The van der Waals surface area contributed by atoms with Crippen LogP contribution < -0.4 is 10.2 Å². The summed E-state index contributed by atoms with van der Waals surface area (Å²) in [6, 6.07) is 16.9. The van der Waals surface area contributed by atoms with Crippen molar-refractivity contribution in [3.63, 3.8) is 0 Å². The molecular weight excluding hydrogens is 334 g/mol. The molecule has 4 heteroatoms. The fraction of sp³-hybridized carbons (Fsp3) is 0.435. The predicted molar refractivity (Wildman–Crippen MR) is 110 cm³/mol. The first-order valence-corrected chi connectivity index (χ1v) is 10.2. The maximum Gasteiger partial charge on any atom is 0.251 e. The van der Waals surface area contributed by atoms with Crippen molar-refractivity contribution < 1.29 is 4.79 Å². The zero-order chi connectivity index (χ0) is 18.6. The molecule has 1 saturated heterocycles. The number of carbonyl (C=O) groups excluding carboxylic acids is 1. The van der Waals surface area contributed by atoms with E-state index >= 15 is 0 Å². The van der Waals surface area contributed by atoms with Crippen LogP contribution in [0, 0.1) is 0 Å². The van der Waals surface area contributed by atoms with Gasteiger partial charge in [0.1, 0.15) is 0 Å². The minimum atomic E-state index is 0.0506. The van der Waals surface area contributed by atoms with E-state index in [-0.39, 0.29) is 11.9 Å². The van der Waals surface area contributed by atoms with E-state index in [0.717, 1.165) is 44.7 Å². The van der Waals surface area contributed by atoms with Gasteiger partial charge in [0.25, 0.3) is 5.91 Å². The second kappa shape index (κ2) is 8.13. The first kappa shape index (κ1) is 18.1. The summed E-state index contributed by atoms with van der Waals surface area (Å²) in [7, 11) is 0. The Balaban J connectivity index is 1.36. The van der Waals surface area contributed by atoms with Gasteiger partial charge in [0, 0.05) is 36.9 Å². The Morgan fingerprint density at radius 3 is 2.44 bits per heavy atom. The van der Waals surface area contributed by atoms with Crippen molar-refractivity contribution in [3.8, 4) is 0 Å². The van der Waals surface area contributed by atoms with Crippen molar-refractivity contribution in [1.82, 2.24) is 10.2 Å². The summed E-state index contributed by atoms with van der Waals surface area (Å²) in [5.41, 5.74) is 4.72. The molecule has 0 radical (unpaired) electrons. The van der Waals surface area contributed by atoms with Crippen LogP contribution in [0.25, 0.3) is 0 Å². The minimum absolute atomic E-state index is 0.0506. The van der Waals surface area contributed by atoms with Crippen molar-refractivity contribution in [3.05, 3.63) is 65.2 Å². The average molecular weight is 364 g/mol. The average Bonchev–Trinajstić information content (AvgIpc) is 3.13. The van der Waals surface area contributed by atoms with Gasteiger partial charge in [-0.25, -0.2) is 0 Å². The molecule has 27 heavy (non-hydrogen) atoms. The van der Waals surface area contributed by atoms with Gasteiger partial charge in [0.15, 0.2) is 0 Å². The summed E-state index contributed by atoms with van der Waals surface area (Å²) >= 11 is 0. The molecule has 4 rings (SSSR count). The van der Waals surface area contributed by atoms with Crippen molar-refractivity contribution in [2.45, 2.75) is 45.3 Å². The third-order valence-electron chi connectivity index (χ3n) is 5.72. The molecule has 1 atom stereocenters. The Bertz CT molecular complexity index is 759. The lowest BCUT2D eigenvalue weighted by Crippen LogP contribution is -2.47. The smallest absolute Gasteiger partial charge is 0.251 e. The van der Waals surface area contributed by atoms with Crippen LogP contribution in [0.2, 0.25) is 0 Å². The molecule has 2 aliphatic rings. The fourth-order valence-electron chi connectivity index (χ4n) is 4.30. The lowest BCUT2D eigenvalue weighted by atomic mass is 10.0. The number of nitrogens with zero attached hydrogens (tertiary/aromatic N) is 2. The zero-order valence-electron chi connectivity index (χ0n) is 16.2. The SMILES string of the molecule is CCCN1CCC[C@@H](NC(=O)c2ccc(N3Cc4ccccc4C3)cc2)C1. The Hall–Kier alpha value is -2.33. The molecule has 4 nitrogen and oxygen atoms in total. The number of benzene rings is 2. The number of carbonyl (C=O) groups is 1. The van der Waals surface area contributed by atoms with E-state index < -0.39 is 0 Å². The van der Waals surface area contributed by atoms with Crippen LogP contribution in [-0.2, 0) is 13.1 Å². The number of nitrogens with one attached hydrogen (secondary N) is 1. The van der Waals surface area contributed by atoms with Crippen LogP contribution in [0.3, 0.4) is 0 Å². The molecule has 2 aliphatic heterocycles. The number of amides is 1. The summed E-state index contributed by atoms with van der Waals surface area (Å²) in [6.45, 7) is 7.35.